The van der Waals surface area contributed by atoms with Gasteiger partial charge in [-0.25, -0.2) is 4.63 Å². The van der Waals surface area contributed by atoms with Gasteiger partial charge in [-0.15, -0.1) is 11.8 Å². The molecule has 2 aromatic carbocycles. The molecule has 8 nitrogen and oxygen atoms in total. The third-order valence-corrected chi connectivity index (χ3v) is 4.91. The second-order valence-electron chi connectivity index (χ2n) is 5.58. The Morgan fingerprint density at radius 1 is 1.23 bits per heavy atom. The molecule has 0 fully saturated rings. The van der Waals surface area contributed by atoms with Gasteiger partial charge in [0.15, 0.2) is 5.52 Å². The molecule has 0 saturated heterocycles. The van der Waals surface area contributed by atoms with Crippen molar-refractivity contribution in [1.29, 1.82) is 0 Å². The molecule has 9 heteroatoms. The first kappa shape index (κ1) is 18.2. The number of benzene rings is 2. The van der Waals surface area contributed by atoms with E-state index in [1.54, 1.807) is 17.8 Å². The number of fused-ring (bicyclic) bond motifs is 1. The standard InChI is InChI=1S/C17H18N4O4S/c22-9-8-18-13-11-14(15-16(20-25-19-15)17(13)21(23)24)26-10-4-7-12-5-2-1-3-6-12/h1-3,5-6,11,18,22H,4,7-10H2. The zero-order valence-corrected chi connectivity index (χ0v) is 14.7. The molecule has 0 radical (unpaired) electrons. The van der Waals surface area contributed by atoms with Gasteiger partial charge in [0.1, 0.15) is 5.69 Å². The quantitative estimate of drug-likeness (QED) is 0.254. The monoisotopic (exact) mass is 374 g/mol. The number of nitro benzene ring substituents is 1. The van der Waals surface area contributed by atoms with Crippen LogP contribution in [0.25, 0.3) is 11.0 Å². The smallest absolute Gasteiger partial charge is 0.323 e. The normalized spacial score (nSPS) is 11.0. The minimum absolute atomic E-state index is 0.114. The number of anilines is 1. The Hall–Kier alpha value is -2.65. The largest absolute Gasteiger partial charge is 0.395 e. The Bertz CT molecular complexity index is 885. The minimum atomic E-state index is -0.518. The summed E-state index contributed by atoms with van der Waals surface area (Å²) >= 11 is 1.55. The zero-order valence-electron chi connectivity index (χ0n) is 13.9. The Kier molecular flexibility index (Phi) is 6.03. The fraction of sp³-hybridized carbons (Fsp3) is 0.294. The van der Waals surface area contributed by atoms with Gasteiger partial charge in [-0.05, 0) is 40.5 Å². The molecule has 0 bridgehead atoms. The van der Waals surface area contributed by atoms with Crippen LogP contribution in [0, 0.1) is 10.1 Å². The molecule has 2 N–H and O–H groups in total. The lowest BCUT2D eigenvalue weighted by atomic mass is 10.1. The van der Waals surface area contributed by atoms with E-state index in [2.05, 4.69) is 27.8 Å². The third-order valence-electron chi connectivity index (χ3n) is 3.80. The van der Waals surface area contributed by atoms with Crippen LogP contribution >= 0.6 is 11.8 Å². The van der Waals surface area contributed by atoms with Gasteiger partial charge in [-0.2, -0.15) is 0 Å². The Morgan fingerprint density at radius 3 is 2.73 bits per heavy atom. The second kappa shape index (κ2) is 8.63. The summed E-state index contributed by atoms with van der Waals surface area (Å²) in [5.74, 6) is 0.827. The summed E-state index contributed by atoms with van der Waals surface area (Å²) in [5.41, 5.74) is 1.89. The van der Waals surface area contributed by atoms with Crippen LogP contribution in [0.5, 0.6) is 0 Å². The van der Waals surface area contributed by atoms with Crippen LogP contribution < -0.4 is 5.32 Å². The number of aliphatic hydroxyl groups excluding tert-OH is 1. The molecule has 136 valence electrons. The summed E-state index contributed by atoms with van der Waals surface area (Å²) in [6.45, 7) is 0.0710. The number of hydrogen-bond donors (Lipinski definition) is 2. The Labute approximate surface area is 153 Å². The van der Waals surface area contributed by atoms with E-state index in [0.29, 0.717) is 11.2 Å². The van der Waals surface area contributed by atoms with E-state index in [-0.39, 0.29) is 24.4 Å². The molecule has 0 amide bonds. The van der Waals surface area contributed by atoms with E-state index in [9.17, 15) is 10.1 Å². The Balaban J connectivity index is 1.78. The van der Waals surface area contributed by atoms with E-state index in [1.807, 2.05) is 18.2 Å². The number of rotatable bonds is 9. The van der Waals surface area contributed by atoms with Crippen LogP contribution in [0.1, 0.15) is 12.0 Å². The Morgan fingerprint density at radius 2 is 2.00 bits per heavy atom. The summed E-state index contributed by atoms with van der Waals surface area (Å²) in [6, 6.07) is 11.9. The van der Waals surface area contributed by atoms with E-state index in [1.165, 1.54) is 5.56 Å². The van der Waals surface area contributed by atoms with E-state index in [0.717, 1.165) is 23.5 Å². The highest BCUT2D eigenvalue weighted by molar-refractivity contribution is 7.99. The molecule has 0 unspecified atom stereocenters. The van der Waals surface area contributed by atoms with Gasteiger partial charge in [-0.1, -0.05) is 30.3 Å². The van der Waals surface area contributed by atoms with Crippen molar-refractivity contribution in [2.45, 2.75) is 17.7 Å². The highest BCUT2D eigenvalue weighted by Gasteiger charge is 2.25. The highest BCUT2D eigenvalue weighted by atomic mass is 32.2. The number of thioether (sulfide) groups is 1. The molecular weight excluding hydrogens is 356 g/mol. The van der Waals surface area contributed by atoms with Crippen LogP contribution in [0.15, 0.2) is 45.9 Å². The number of aryl methyl sites for hydroxylation is 1. The van der Waals surface area contributed by atoms with Crippen molar-refractivity contribution in [3.63, 3.8) is 0 Å². The van der Waals surface area contributed by atoms with Crippen LogP contribution in [-0.4, -0.2) is 39.2 Å². The number of nitro groups is 1. The molecule has 0 aliphatic heterocycles. The lowest BCUT2D eigenvalue weighted by Gasteiger charge is -2.08. The molecule has 0 spiro atoms. The molecular formula is C17H18N4O4S. The van der Waals surface area contributed by atoms with Gasteiger partial charge in [0.05, 0.1) is 11.5 Å². The van der Waals surface area contributed by atoms with Crippen molar-refractivity contribution in [1.82, 2.24) is 10.3 Å². The number of nitrogens with zero attached hydrogens (tertiary/aromatic N) is 3. The van der Waals surface area contributed by atoms with Gasteiger partial charge < -0.3 is 10.4 Å². The van der Waals surface area contributed by atoms with Crippen LogP contribution in [-0.2, 0) is 6.42 Å². The van der Waals surface area contributed by atoms with Crippen molar-refractivity contribution in [2.24, 2.45) is 0 Å². The summed E-state index contributed by atoms with van der Waals surface area (Å²) in [6.07, 6.45) is 1.91. The van der Waals surface area contributed by atoms with Gasteiger partial charge in [0.2, 0.25) is 5.52 Å². The molecule has 0 atom stereocenters. The summed E-state index contributed by atoms with van der Waals surface area (Å²) in [7, 11) is 0. The van der Waals surface area contributed by atoms with Crippen molar-refractivity contribution >= 4 is 34.2 Å². The first-order valence-corrected chi connectivity index (χ1v) is 9.14. The predicted octanol–water partition coefficient (Wildman–Crippen LogP) is 3.26. The first-order chi connectivity index (χ1) is 12.7. The molecule has 1 aromatic heterocycles. The highest BCUT2D eigenvalue weighted by Crippen LogP contribution is 2.38. The fourth-order valence-corrected chi connectivity index (χ4v) is 3.60. The molecule has 0 saturated carbocycles. The predicted molar refractivity (Wildman–Crippen MR) is 99.5 cm³/mol. The van der Waals surface area contributed by atoms with Crippen molar-refractivity contribution in [3.05, 3.63) is 52.1 Å². The maximum absolute atomic E-state index is 11.4. The maximum Gasteiger partial charge on any atom is 0.323 e. The van der Waals surface area contributed by atoms with E-state index >= 15 is 0 Å². The summed E-state index contributed by atoms with van der Waals surface area (Å²) < 4.78 is 4.74. The SMILES string of the molecule is O=[N+]([O-])c1c(NCCO)cc(SCCCc2ccccc2)c2nonc12. The lowest BCUT2D eigenvalue weighted by Crippen LogP contribution is -2.08. The topological polar surface area (TPSA) is 114 Å². The molecule has 0 aliphatic rings. The van der Waals surface area contributed by atoms with Crippen molar-refractivity contribution in [2.75, 3.05) is 24.2 Å². The van der Waals surface area contributed by atoms with E-state index < -0.39 is 4.92 Å². The van der Waals surface area contributed by atoms with Gasteiger partial charge in [0.25, 0.3) is 0 Å². The van der Waals surface area contributed by atoms with Gasteiger partial charge in [0, 0.05) is 11.4 Å². The molecule has 1 heterocycles. The van der Waals surface area contributed by atoms with Gasteiger partial charge in [-0.3, -0.25) is 10.1 Å². The molecule has 26 heavy (non-hydrogen) atoms. The number of hydrogen-bond acceptors (Lipinski definition) is 8. The fourth-order valence-electron chi connectivity index (χ4n) is 2.62. The van der Waals surface area contributed by atoms with Crippen molar-refractivity contribution in [3.8, 4) is 0 Å². The summed E-state index contributed by atoms with van der Waals surface area (Å²) in [5, 5.41) is 30.8. The number of nitrogens with one attached hydrogen (secondary N) is 1. The zero-order chi connectivity index (χ0) is 18.4. The van der Waals surface area contributed by atoms with E-state index in [4.69, 9.17) is 9.74 Å². The van der Waals surface area contributed by atoms with Crippen LogP contribution in [0.2, 0.25) is 0 Å². The molecule has 3 aromatic rings. The maximum atomic E-state index is 11.4. The molecule has 0 aliphatic carbocycles. The summed E-state index contributed by atoms with van der Waals surface area (Å²) in [4.78, 5) is 11.7. The molecule has 3 rings (SSSR count). The number of aromatic nitrogens is 2. The van der Waals surface area contributed by atoms with Crippen LogP contribution in [0.3, 0.4) is 0 Å². The van der Waals surface area contributed by atoms with Crippen molar-refractivity contribution < 1.29 is 14.7 Å². The van der Waals surface area contributed by atoms with Crippen LogP contribution in [0.4, 0.5) is 11.4 Å². The minimum Gasteiger partial charge on any atom is -0.395 e. The van der Waals surface area contributed by atoms with Gasteiger partial charge >= 0.3 is 5.69 Å². The third kappa shape index (κ3) is 4.12. The first-order valence-electron chi connectivity index (χ1n) is 8.16. The second-order valence-corrected chi connectivity index (χ2v) is 6.71. The average molecular weight is 374 g/mol. The average Bonchev–Trinajstić information content (AvgIpc) is 3.13. The number of aliphatic hydroxyl groups is 1. The lowest BCUT2D eigenvalue weighted by molar-refractivity contribution is -0.382.